The van der Waals surface area contributed by atoms with E-state index in [1.165, 1.54) is 29.0 Å². The summed E-state index contributed by atoms with van der Waals surface area (Å²) in [4.78, 5) is 17.1. The van der Waals surface area contributed by atoms with Gasteiger partial charge in [-0.2, -0.15) is 4.73 Å². The summed E-state index contributed by atoms with van der Waals surface area (Å²) in [5, 5.41) is 0.836. The lowest BCUT2D eigenvalue weighted by Crippen LogP contribution is -2.19. The normalized spacial score (nSPS) is 10.7. The van der Waals surface area contributed by atoms with E-state index in [0.717, 1.165) is 5.39 Å². The third kappa shape index (κ3) is 2.09. The first-order valence-corrected chi connectivity index (χ1v) is 5.99. The zero-order valence-corrected chi connectivity index (χ0v) is 10.4. The number of carbonyl (C=O) groups excluding carboxylic acids is 1. The van der Waals surface area contributed by atoms with Crippen LogP contribution in [-0.4, -0.2) is 10.6 Å². The second kappa shape index (κ2) is 4.70. The Kier molecular flexibility index (Phi) is 2.87. The van der Waals surface area contributed by atoms with E-state index in [-0.39, 0.29) is 11.5 Å². The highest BCUT2D eigenvalue weighted by atomic mass is 19.1. The zero-order chi connectivity index (χ0) is 14.1. The monoisotopic (exact) mass is 270 g/mol. The molecular formula is C15H11FN2O2. The third-order valence-corrected chi connectivity index (χ3v) is 2.93. The number of hydrogen-bond acceptors (Lipinski definition) is 2. The maximum atomic E-state index is 12.9. The van der Waals surface area contributed by atoms with Gasteiger partial charge in [-0.25, -0.2) is 4.39 Å². The minimum absolute atomic E-state index is 0.232. The van der Waals surface area contributed by atoms with Crippen molar-refractivity contribution in [3.63, 3.8) is 0 Å². The van der Waals surface area contributed by atoms with Crippen LogP contribution in [0, 0.1) is 5.82 Å². The molecule has 0 bridgehead atoms. The van der Waals surface area contributed by atoms with Gasteiger partial charge in [0.2, 0.25) is 0 Å². The number of halogens is 1. The van der Waals surface area contributed by atoms with Crippen LogP contribution in [0.25, 0.3) is 10.9 Å². The van der Waals surface area contributed by atoms with Gasteiger partial charge in [0.15, 0.2) is 5.75 Å². The van der Waals surface area contributed by atoms with Crippen molar-refractivity contribution < 1.29 is 14.0 Å². The quantitative estimate of drug-likeness (QED) is 0.795. The first-order valence-electron chi connectivity index (χ1n) is 5.99. The number of rotatable bonds is 3. The van der Waals surface area contributed by atoms with Crippen LogP contribution in [0.1, 0.15) is 10.5 Å². The molecule has 100 valence electrons. The highest BCUT2D eigenvalue weighted by Gasteiger charge is 2.14. The molecule has 3 rings (SSSR count). The molecule has 0 unspecified atom stereocenters. The molecule has 0 aliphatic carbocycles. The van der Waals surface area contributed by atoms with Crippen molar-refractivity contribution in [3.8, 4) is 5.75 Å². The van der Waals surface area contributed by atoms with Gasteiger partial charge >= 0.3 is 0 Å². The molecule has 1 heterocycles. The van der Waals surface area contributed by atoms with Crippen LogP contribution < -0.4 is 10.6 Å². The lowest BCUT2D eigenvalue weighted by molar-refractivity contribution is 0.0967. The highest BCUT2D eigenvalue weighted by Crippen LogP contribution is 2.21. The van der Waals surface area contributed by atoms with Crippen LogP contribution in [0.2, 0.25) is 0 Å². The largest absolute Gasteiger partial charge is 0.374 e. The Labute approximate surface area is 114 Å². The molecule has 5 heteroatoms. The lowest BCUT2D eigenvalue weighted by Gasteiger charge is -2.10. The number of nitrogens with zero attached hydrogens (tertiary/aromatic N) is 1. The van der Waals surface area contributed by atoms with Gasteiger partial charge in [-0.05, 0) is 36.4 Å². The molecule has 1 aromatic heterocycles. The summed E-state index contributed by atoms with van der Waals surface area (Å²) in [5.74, 6) is -0.539. The number of benzene rings is 2. The van der Waals surface area contributed by atoms with Gasteiger partial charge < -0.3 is 10.6 Å². The Morgan fingerprint density at radius 2 is 1.80 bits per heavy atom. The molecule has 1 amide bonds. The fraction of sp³-hybridized carbons (Fsp3) is 0. The average molecular weight is 270 g/mol. The van der Waals surface area contributed by atoms with E-state index >= 15 is 0 Å². The summed E-state index contributed by atoms with van der Waals surface area (Å²) >= 11 is 0. The lowest BCUT2D eigenvalue weighted by atomic mass is 10.2. The second-order valence-electron chi connectivity index (χ2n) is 4.29. The summed E-state index contributed by atoms with van der Waals surface area (Å²) in [6.07, 6.45) is 0. The molecule has 0 fully saturated rings. The van der Waals surface area contributed by atoms with E-state index in [1.54, 1.807) is 6.07 Å². The standard InChI is InChI=1S/C15H11FN2O2/c16-11-5-7-12(8-6-11)20-18-13-4-2-1-3-10(13)9-14(18)15(17)19/h1-9H,(H2,17,19). The molecule has 3 aromatic rings. The molecule has 0 saturated heterocycles. The Bertz CT molecular complexity index is 778. The maximum absolute atomic E-state index is 12.9. The van der Waals surface area contributed by atoms with E-state index in [0.29, 0.717) is 11.3 Å². The van der Waals surface area contributed by atoms with Gasteiger partial charge in [0.1, 0.15) is 11.5 Å². The van der Waals surface area contributed by atoms with E-state index in [2.05, 4.69) is 0 Å². The van der Waals surface area contributed by atoms with Crippen LogP contribution in [0.15, 0.2) is 54.6 Å². The SMILES string of the molecule is NC(=O)c1cc2ccccc2n1Oc1ccc(F)cc1. The molecule has 0 atom stereocenters. The van der Waals surface area contributed by atoms with Crippen molar-refractivity contribution in [1.29, 1.82) is 0 Å². The van der Waals surface area contributed by atoms with Crippen molar-refractivity contribution in [2.45, 2.75) is 0 Å². The molecule has 2 aromatic carbocycles. The summed E-state index contributed by atoms with van der Waals surface area (Å²) < 4.78 is 14.2. The number of para-hydroxylation sites is 1. The van der Waals surface area contributed by atoms with Gasteiger partial charge in [0, 0.05) is 5.39 Å². The number of hydrogen-bond donors (Lipinski definition) is 1. The molecule has 20 heavy (non-hydrogen) atoms. The molecule has 0 aliphatic rings. The summed E-state index contributed by atoms with van der Waals surface area (Å²) in [6.45, 7) is 0. The number of fused-ring (bicyclic) bond motifs is 1. The van der Waals surface area contributed by atoms with E-state index < -0.39 is 5.91 Å². The fourth-order valence-corrected chi connectivity index (χ4v) is 2.00. The summed E-state index contributed by atoms with van der Waals surface area (Å²) in [6, 6.07) is 14.5. The maximum Gasteiger partial charge on any atom is 0.268 e. The van der Waals surface area contributed by atoms with Crippen LogP contribution >= 0.6 is 0 Å². The Hall–Kier alpha value is -2.82. The van der Waals surface area contributed by atoms with E-state index in [1.807, 2.05) is 24.3 Å². The van der Waals surface area contributed by atoms with E-state index in [9.17, 15) is 9.18 Å². The van der Waals surface area contributed by atoms with Gasteiger partial charge in [-0.3, -0.25) is 4.79 Å². The van der Waals surface area contributed by atoms with Gasteiger partial charge in [-0.15, -0.1) is 0 Å². The topological polar surface area (TPSA) is 57.2 Å². The van der Waals surface area contributed by atoms with Crippen molar-refractivity contribution in [2.24, 2.45) is 5.73 Å². The number of amides is 1. The first-order chi connectivity index (χ1) is 9.65. The highest BCUT2D eigenvalue weighted by molar-refractivity contribution is 5.97. The molecule has 0 radical (unpaired) electrons. The Balaban J connectivity index is 2.11. The minimum atomic E-state index is -0.594. The van der Waals surface area contributed by atoms with Crippen LogP contribution in [-0.2, 0) is 0 Å². The first kappa shape index (κ1) is 12.2. The third-order valence-electron chi connectivity index (χ3n) is 2.93. The molecule has 0 spiro atoms. The van der Waals surface area contributed by atoms with Gasteiger partial charge in [0.25, 0.3) is 5.91 Å². The zero-order valence-electron chi connectivity index (χ0n) is 10.4. The number of carbonyl (C=O) groups is 1. The molecule has 0 aliphatic heterocycles. The smallest absolute Gasteiger partial charge is 0.268 e. The predicted molar refractivity (Wildman–Crippen MR) is 72.9 cm³/mol. The summed E-state index contributed by atoms with van der Waals surface area (Å²) in [7, 11) is 0. The van der Waals surface area contributed by atoms with Gasteiger partial charge in [0.05, 0.1) is 5.52 Å². The molecular weight excluding hydrogens is 259 g/mol. The number of nitrogens with two attached hydrogens (primary N) is 1. The van der Waals surface area contributed by atoms with Crippen molar-refractivity contribution in [1.82, 2.24) is 4.73 Å². The average Bonchev–Trinajstić information content (AvgIpc) is 2.81. The van der Waals surface area contributed by atoms with Crippen molar-refractivity contribution in [3.05, 3.63) is 66.1 Å². The molecule has 0 saturated carbocycles. The minimum Gasteiger partial charge on any atom is -0.374 e. The second-order valence-corrected chi connectivity index (χ2v) is 4.29. The number of aromatic nitrogens is 1. The molecule has 4 nitrogen and oxygen atoms in total. The van der Waals surface area contributed by atoms with Crippen LogP contribution in [0.3, 0.4) is 0 Å². The van der Waals surface area contributed by atoms with E-state index in [4.69, 9.17) is 10.6 Å². The van der Waals surface area contributed by atoms with Crippen LogP contribution in [0.5, 0.6) is 5.75 Å². The fourth-order valence-electron chi connectivity index (χ4n) is 2.00. The summed E-state index contributed by atoms with van der Waals surface area (Å²) in [5.41, 5.74) is 6.30. The molecule has 2 N–H and O–H groups in total. The van der Waals surface area contributed by atoms with Crippen molar-refractivity contribution in [2.75, 3.05) is 0 Å². The van der Waals surface area contributed by atoms with Crippen molar-refractivity contribution >= 4 is 16.8 Å². The Morgan fingerprint density at radius 1 is 1.10 bits per heavy atom. The Morgan fingerprint density at radius 3 is 2.50 bits per heavy atom. The number of primary amides is 1. The van der Waals surface area contributed by atoms with Gasteiger partial charge in [-0.1, -0.05) is 18.2 Å². The van der Waals surface area contributed by atoms with Crippen LogP contribution in [0.4, 0.5) is 4.39 Å². The predicted octanol–water partition coefficient (Wildman–Crippen LogP) is 2.72.